The van der Waals surface area contributed by atoms with Gasteiger partial charge in [0.1, 0.15) is 5.82 Å². The number of nitro groups is 1. The van der Waals surface area contributed by atoms with Gasteiger partial charge in [-0.3, -0.25) is 19.7 Å². The second-order valence-corrected chi connectivity index (χ2v) is 4.56. The Hall–Kier alpha value is -2.51. The molecule has 0 saturated heterocycles. The summed E-state index contributed by atoms with van der Waals surface area (Å²) in [4.78, 5) is 32.6. The molecular formula is C13H15FN2O5. The maximum Gasteiger partial charge on any atom is 0.305 e. The van der Waals surface area contributed by atoms with Crippen molar-refractivity contribution in [2.75, 3.05) is 0 Å². The van der Waals surface area contributed by atoms with Crippen LogP contribution in [0, 0.1) is 22.9 Å². The minimum Gasteiger partial charge on any atom is -0.481 e. The number of nitrogens with zero attached hydrogens (tertiary/aromatic N) is 1. The highest BCUT2D eigenvalue weighted by atomic mass is 19.1. The van der Waals surface area contributed by atoms with Crippen LogP contribution in [0.15, 0.2) is 12.1 Å². The Balaban J connectivity index is 3.06. The molecule has 1 aromatic carbocycles. The van der Waals surface area contributed by atoms with E-state index in [9.17, 15) is 24.1 Å². The molecule has 0 radical (unpaired) electrons. The minimum absolute atomic E-state index is 0.0272. The highest BCUT2D eigenvalue weighted by Gasteiger charge is 2.22. The van der Waals surface area contributed by atoms with E-state index in [1.807, 2.05) is 0 Å². The third-order valence-electron chi connectivity index (χ3n) is 2.94. The molecule has 1 aromatic rings. The number of nitrogens with one attached hydrogen (secondary N) is 1. The molecule has 1 amide bonds. The fraction of sp³-hybridized carbons (Fsp3) is 0.385. The van der Waals surface area contributed by atoms with E-state index >= 15 is 0 Å². The number of carbonyl (C=O) groups is 2. The van der Waals surface area contributed by atoms with Gasteiger partial charge in [-0.05, 0) is 18.9 Å². The van der Waals surface area contributed by atoms with Crippen molar-refractivity contribution in [3.8, 4) is 0 Å². The van der Waals surface area contributed by atoms with E-state index < -0.39 is 39.9 Å². The summed E-state index contributed by atoms with van der Waals surface area (Å²) in [6.07, 6.45) is 0.0331. The number of hydrogen-bond acceptors (Lipinski definition) is 4. The summed E-state index contributed by atoms with van der Waals surface area (Å²) in [5, 5.41) is 21.8. The van der Waals surface area contributed by atoms with Crippen LogP contribution in [0.5, 0.6) is 0 Å². The molecule has 0 aliphatic carbocycles. The number of nitro benzene ring substituents is 1. The predicted octanol–water partition coefficient (Wildman–Crippen LogP) is 2.03. The van der Waals surface area contributed by atoms with Gasteiger partial charge >= 0.3 is 5.97 Å². The van der Waals surface area contributed by atoms with Gasteiger partial charge in [0.15, 0.2) is 0 Å². The topological polar surface area (TPSA) is 110 Å². The average Bonchev–Trinajstić information content (AvgIpc) is 2.39. The zero-order valence-electron chi connectivity index (χ0n) is 11.6. The highest BCUT2D eigenvalue weighted by molar-refractivity contribution is 5.95. The molecule has 1 unspecified atom stereocenters. The number of aliphatic carboxylic acids is 1. The van der Waals surface area contributed by atoms with Crippen LogP contribution in [0.4, 0.5) is 10.1 Å². The van der Waals surface area contributed by atoms with Crippen molar-refractivity contribution in [3.05, 3.63) is 39.2 Å². The molecule has 0 aliphatic heterocycles. The number of non-ortho nitro benzene ring substituents is 1. The van der Waals surface area contributed by atoms with Crippen LogP contribution < -0.4 is 5.32 Å². The molecule has 114 valence electrons. The monoisotopic (exact) mass is 298 g/mol. The number of benzene rings is 1. The quantitative estimate of drug-likeness (QED) is 0.616. The van der Waals surface area contributed by atoms with Crippen molar-refractivity contribution in [1.82, 2.24) is 5.32 Å². The lowest BCUT2D eigenvalue weighted by molar-refractivity contribution is -0.385. The summed E-state index contributed by atoms with van der Waals surface area (Å²) in [5.74, 6) is -2.83. The van der Waals surface area contributed by atoms with Gasteiger partial charge in [-0.1, -0.05) is 6.92 Å². The Labute approximate surface area is 119 Å². The van der Waals surface area contributed by atoms with Gasteiger partial charge in [0, 0.05) is 18.2 Å². The summed E-state index contributed by atoms with van der Waals surface area (Å²) in [5.41, 5.74) is -0.892. The Bertz CT molecular complexity index is 588. The van der Waals surface area contributed by atoms with Gasteiger partial charge in [-0.15, -0.1) is 0 Å². The van der Waals surface area contributed by atoms with E-state index in [0.29, 0.717) is 6.42 Å². The number of amides is 1. The number of carbonyl (C=O) groups excluding carboxylic acids is 1. The van der Waals surface area contributed by atoms with Crippen LogP contribution in [-0.4, -0.2) is 27.9 Å². The Morgan fingerprint density at radius 1 is 1.48 bits per heavy atom. The lowest BCUT2D eigenvalue weighted by Gasteiger charge is -2.15. The van der Waals surface area contributed by atoms with Crippen molar-refractivity contribution >= 4 is 17.6 Å². The van der Waals surface area contributed by atoms with Gasteiger partial charge in [-0.2, -0.15) is 0 Å². The van der Waals surface area contributed by atoms with Gasteiger partial charge in [0.2, 0.25) is 0 Å². The molecule has 8 heteroatoms. The SMILES string of the molecule is CCC(CC(=O)O)NC(=O)c1cc([N+](=O)[O-])cc(C)c1F. The number of aryl methyl sites for hydroxylation is 1. The Morgan fingerprint density at radius 3 is 2.57 bits per heavy atom. The van der Waals surface area contributed by atoms with Crippen molar-refractivity contribution in [2.24, 2.45) is 0 Å². The summed E-state index contributed by atoms with van der Waals surface area (Å²) in [6, 6.07) is 1.19. The van der Waals surface area contributed by atoms with E-state index in [1.165, 1.54) is 6.92 Å². The molecule has 7 nitrogen and oxygen atoms in total. The molecule has 2 N–H and O–H groups in total. The fourth-order valence-electron chi connectivity index (χ4n) is 1.79. The number of carboxylic acid groups (broad SMARTS) is 1. The lowest BCUT2D eigenvalue weighted by Crippen LogP contribution is -2.36. The van der Waals surface area contributed by atoms with Crippen LogP contribution >= 0.6 is 0 Å². The van der Waals surface area contributed by atoms with Gasteiger partial charge < -0.3 is 10.4 Å². The van der Waals surface area contributed by atoms with Gasteiger partial charge in [0.25, 0.3) is 11.6 Å². The standard InChI is InChI=1S/C13H15FN2O5/c1-3-8(5-11(17)18)15-13(19)10-6-9(16(20)21)4-7(2)12(10)14/h4,6,8H,3,5H2,1-2H3,(H,15,19)(H,17,18). The summed E-state index contributed by atoms with van der Waals surface area (Å²) in [7, 11) is 0. The molecule has 1 atom stereocenters. The zero-order valence-corrected chi connectivity index (χ0v) is 11.6. The molecule has 0 spiro atoms. The normalized spacial score (nSPS) is 11.8. The third-order valence-corrected chi connectivity index (χ3v) is 2.94. The molecule has 0 bridgehead atoms. The molecule has 0 heterocycles. The van der Waals surface area contributed by atoms with Crippen molar-refractivity contribution in [3.63, 3.8) is 0 Å². The van der Waals surface area contributed by atoms with Crippen molar-refractivity contribution < 1.29 is 24.0 Å². The average molecular weight is 298 g/mol. The summed E-state index contributed by atoms with van der Waals surface area (Å²) < 4.78 is 13.9. The Morgan fingerprint density at radius 2 is 2.10 bits per heavy atom. The second kappa shape index (κ2) is 6.78. The molecule has 0 aliphatic rings. The van der Waals surface area contributed by atoms with Crippen LogP contribution in [-0.2, 0) is 4.79 Å². The molecule has 0 aromatic heterocycles. The lowest BCUT2D eigenvalue weighted by atomic mass is 10.1. The number of hydrogen-bond donors (Lipinski definition) is 2. The van der Waals surface area contributed by atoms with E-state index in [-0.39, 0.29) is 12.0 Å². The molecule has 1 rings (SSSR count). The predicted molar refractivity (Wildman–Crippen MR) is 71.6 cm³/mol. The Kier molecular flexibility index (Phi) is 5.34. The summed E-state index contributed by atoms with van der Waals surface area (Å²) in [6.45, 7) is 2.98. The van der Waals surface area contributed by atoms with Crippen LogP contribution in [0.1, 0.15) is 35.7 Å². The number of carboxylic acids is 1. The van der Waals surface area contributed by atoms with E-state index in [0.717, 1.165) is 12.1 Å². The second-order valence-electron chi connectivity index (χ2n) is 4.56. The van der Waals surface area contributed by atoms with E-state index in [4.69, 9.17) is 5.11 Å². The summed E-state index contributed by atoms with van der Waals surface area (Å²) >= 11 is 0. The van der Waals surface area contributed by atoms with E-state index in [1.54, 1.807) is 6.92 Å². The first-order valence-electron chi connectivity index (χ1n) is 6.23. The molecule has 0 saturated carbocycles. The highest BCUT2D eigenvalue weighted by Crippen LogP contribution is 2.21. The zero-order chi connectivity index (χ0) is 16.2. The van der Waals surface area contributed by atoms with Gasteiger partial charge in [-0.25, -0.2) is 4.39 Å². The molecule has 0 fully saturated rings. The largest absolute Gasteiger partial charge is 0.481 e. The van der Waals surface area contributed by atoms with Crippen molar-refractivity contribution in [1.29, 1.82) is 0 Å². The van der Waals surface area contributed by atoms with Gasteiger partial charge in [0.05, 0.1) is 16.9 Å². The maximum atomic E-state index is 13.9. The number of halogens is 1. The van der Waals surface area contributed by atoms with E-state index in [2.05, 4.69) is 5.32 Å². The maximum absolute atomic E-state index is 13.9. The van der Waals surface area contributed by atoms with Crippen molar-refractivity contribution in [2.45, 2.75) is 32.7 Å². The first-order valence-corrected chi connectivity index (χ1v) is 6.23. The fourth-order valence-corrected chi connectivity index (χ4v) is 1.79. The number of rotatable bonds is 6. The first kappa shape index (κ1) is 16.5. The third kappa shape index (κ3) is 4.23. The minimum atomic E-state index is -1.10. The molecule has 21 heavy (non-hydrogen) atoms. The molecular weight excluding hydrogens is 283 g/mol. The smallest absolute Gasteiger partial charge is 0.305 e. The first-order chi connectivity index (χ1) is 9.76. The van der Waals surface area contributed by atoms with Crippen LogP contribution in [0.25, 0.3) is 0 Å². The van der Waals surface area contributed by atoms with Crippen LogP contribution in [0.2, 0.25) is 0 Å². The van der Waals surface area contributed by atoms with Crippen LogP contribution in [0.3, 0.4) is 0 Å².